The smallest absolute Gasteiger partial charge is 0.397 e. The number of hydrogen-bond donors (Lipinski definition) is 0. The van der Waals surface area contributed by atoms with E-state index in [1.54, 1.807) is 12.1 Å². The van der Waals surface area contributed by atoms with E-state index in [-0.39, 0.29) is 6.42 Å². The number of halogens is 2. The molecule has 19 heavy (non-hydrogen) atoms. The van der Waals surface area contributed by atoms with Crippen molar-refractivity contribution >= 4 is 16.7 Å². The van der Waals surface area contributed by atoms with Crippen LogP contribution in [0.4, 0.5) is 8.78 Å². The Kier molecular flexibility index (Phi) is 3.60. The third-order valence-corrected chi connectivity index (χ3v) is 2.65. The van der Waals surface area contributed by atoms with Crippen LogP contribution in [0, 0.1) is 0 Å². The highest BCUT2D eigenvalue weighted by molar-refractivity contribution is 5.84. The average Bonchev–Trinajstić information content (AvgIpc) is 2.38. The quantitative estimate of drug-likeness (QED) is 0.620. The van der Waals surface area contributed by atoms with Gasteiger partial charge in [0.05, 0.1) is 6.42 Å². The second-order valence-corrected chi connectivity index (χ2v) is 4.10. The number of ether oxygens (including phenoxy) is 1. The van der Waals surface area contributed by atoms with E-state index >= 15 is 0 Å². The SMILES string of the molecule is C=CC(F)(F)OC(=O)Cc1ccc2ccccc2c1. The molecule has 0 radical (unpaired) electrons. The fourth-order valence-electron chi connectivity index (χ4n) is 1.74. The molecule has 4 heteroatoms. The molecule has 0 fully saturated rings. The van der Waals surface area contributed by atoms with Crippen LogP contribution in [0.25, 0.3) is 10.8 Å². The van der Waals surface area contributed by atoms with Gasteiger partial charge in [0.2, 0.25) is 0 Å². The molecule has 0 aliphatic heterocycles. The van der Waals surface area contributed by atoms with Crippen molar-refractivity contribution in [2.75, 3.05) is 0 Å². The van der Waals surface area contributed by atoms with Crippen molar-refractivity contribution < 1.29 is 18.3 Å². The van der Waals surface area contributed by atoms with Crippen LogP contribution in [0.5, 0.6) is 0 Å². The molecule has 0 saturated heterocycles. The summed E-state index contributed by atoms with van der Waals surface area (Å²) in [7, 11) is 0. The van der Waals surface area contributed by atoms with E-state index in [1.807, 2.05) is 30.3 Å². The summed E-state index contributed by atoms with van der Waals surface area (Å²) in [5.41, 5.74) is 0.628. The monoisotopic (exact) mass is 262 g/mol. The number of carbonyl (C=O) groups is 1. The molecular formula is C15H12F2O2. The standard InChI is InChI=1S/C15H12F2O2/c1-2-15(16,17)19-14(18)10-11-7-8-12-5-3-4-6-13(12)9-11/h2-9H,1,10H2. The van der Waals surface area contributed by atoms with Crippen molar-refractivity contribution in [2.24, 2.45) is 0 Å². The zero-order chi connectivity index (χ0) is 13.9. The molecule has 0 aromatic heterocycles. The molecule has 0 saturated carbocycles. The van der Waals surface area contributed by atoms with E-state index in [9.17, 15) is 13.6 Å². The minimum absolute atomic E-state index is 0.200. The van der Waals surface area contributed by atoms with Gasteiger partial charge in [-0.3, -0.25) is 4.79 Å². The summed E-state index contributed by atoms with van der Waals surface area (Å²) in [6.07, 6.45) is -3.52. The maximum Gasteiger partial charge on any atom is 0.421 e. The van der Waals surface area contributed by atoms with Crippen LogP contribution in [0.15, 0.2) is 55.1 Å². The van der Waals surface area contributed by atoms with E-state index in [0.29, 0.717) is 11.6 Å². The van der Waals surface area contributed by atoms with Gasteiger partial charge in [-0.25, -0.2) is 0 Å². The highest BCUT2D eigenvalue weighted by Crippen LogP contribution is 2.19. The summed E-state index contributed by atoms with van der Waals surface area (Å²) in [6, 6.07) is 12.9. The first-order chi connectivity index (χ1) is 9.00. The van der Waals surface area contributed by atoms with Gasteiger partial charge < -0.3 is 4.74 Å². The Bertz CT molecular complexity index is 620. The first-order valence-corrected chi connectivity index (χ1v) is 5.71. The summed E-state index contributed by atoms with van der Waals surface area (Å²) >= 11 is 0. The molecule has 0 aliphatic carbocycles. The molecule has 0 N–H and O–H groups in total. The lowest BCUT2D eigenvalue weighted by Gasteiger charge is -2.12. The third kappa shape index (κ3) is 3.37. The zero-order valence-electron chi connectivity index (χ0n) is 10.1. The molecule has 0 heterocycles. The second-order valence-electron chi connectivity index (χ2n) is 4.10. The molecule has 2 aromatic rings. The van der Waals surface area contributed by atoms with Gasteiger partial charge in [0.25, 0.3) is 0 Å². The maximum atomic E-state index is 12.8. The second kappa shape index (κ2) is 5.18. The van der Waals surface area contributed by atoms with Crippen molar-refractivity contribution in [1.82, 2.24) is 0 Å². The molecule has 2 aromatic carbocycles. The molecule has 2 nitrogen and oxygen atoms in total. The predicted molar refractivity (Wildman–Crippen MR) is 68.9 cm³/mol. The number of esters is 1. The lowest BCUT2D eigenvalue weighted by molar-refractivity contribution is -0.206. The molecular weight excluding hydrogens is 250 g/mol. The van der Waals surface area contributed by atoms with Crippen molar-refractivity contribution in [1.29, 1.82) is 0 Å². The van der Waals surface area contributed by atoms with Crippen LogP contribution in [-0.2, 0) is 16.0 Å². The van der Waals surface area contributed by atoms with Gasteiger partial charge in [0.1, 0.15) is 0 Å². The lowest BCUT2D eigenvalue weighted by atomic mass is 10.1. The summed E-state index contributed by atoms with van der Waals surface area (Å²) in [6.45, 7) is 2.91. The minimum Gasteiger partial charge on any atom is -0.397 e. The third-order valence-electron chi connectivity index (χ3n) is 2.65. The Labute approximate surface area is 109 Å². The normalized spacial score (nSPS) is 11.3. The molecule has 0 unspecified atom stereocenters. The first kappa shape index (κ1) is 13.2. The van der Waals surface area contributed by atoms with Gasteiger partial charge in [0, 0.05) is 6.08 Å². The molecule has 2 rings (SSSR count). The number of rotatable bonds is 4. The Morgan fingerprint density at radius 1 is 1.21 bits per heavy atom. The van der Waals surface area contributed by atoms with Crippen LogP contribution in [0.1, 0.15) is 5.56 Å². The molecule has 0 aliphatic rings. The van der Waals surface area contributed by atoms with Gasteiger partial charge in [0.15, 0.2) is 0 Å². The van der Waals surface area contributed by atoms with Crippen LogP contribution in [0.3, 0.4) is 0 Å². The number of carbonyl (C=O) groups excluding carboxylic acids is 1. The van der Waals surface area contributed by atoms with Crippen LogP contribution >= 0.6 is 0 Å². The highest BCUT2D eigenvalue weighted by Gasteiger charge is 2.29. The largest absolute Gasteiger partial charge is 0.421 e. The Morgan fingerprint density at radius 2 is 1.89 bits per heavy atom. The van der Waals surface area contributed by atoms with Crippen LogP contribution < -0.4 is 0 Å². The highest BCUT2D eigenvalue weighted by atomic mass is 19.3. The molecule has 0 atom stereocenters. The van der Waals surface area contributed by atoms with Crippen LogP contribution in [0.2, 0.25) is 0 Å². The van der Waals surface area contributed by atoms with Gasteiger partial charge in [-0.1, -0.05) is 49.0 Å². The van der Waals surface area contributed by atoms with Crippen molar-refractivity contribution in [3.05, 3.63) is 60.7 Å². The van der Waals surface area contributed by atoms with Gasteiger partial charge in [-0.05, 0) is 16.3 Å². The number of benzene rings is 2. The Morgan fingerprint density at radius 3 is 2.58 bits per heavy atom. The zero-order valence-corrected chi connectivity index (χ0v) is 10.1. The Hall–Kier alpha value is -2.23. The molecule has 98 valence electrons. The lowest BCUT2D eigenvalue weighted by Crippen LogP contribution is -2.23. The minimum atomic E-state index is -3.62. The van der Waals surface area contributed by atoms with Gasteiger partial charge in [-0.15, -0.1) is 0 Å². The van der Waals surface area contributed by atoms with E-state index < -0.39 is 12.1 Å². The van der Waals surface area contributed by atoms with Crippen molar-refractivity contribution in [3.8, 4) is 0 Å². The van der Waals surface area contributed by atoms with Crippen molar-refractivity contribution in [2.45, 2.75) is 12.5 Å². The molecule has 0 bridgehead atoms. The number of alkyl halides is 2. The van der Waals surface area contributed by atoms with Gasteiger partial charge in [-0.2, -0.15) is 8.78 Å². The fraction of sp³-hybridized carbons (Fsp3) is 0.133. The van der Waals surface area contributed by atoms with Crippen molar-refractivity contribution in [3.63, 3.8) is 0 Å². The number of fused-ring (bicyclic) bond motifs is 1. The average molecular weight is 262 g/mol. The fourth-order valence-corrected chi connectivity index (χ4v) is 1.74. The van der Waals surface area contributed by atoms with E-state index in [1.165, 1.54) is 0 Å². The van der Waals surface area contributed by atoms with E-state index in [4.69, 9.17) is 0 Å². The summed E-state index contributed by atoms with van der Waals surface area (Å²) in [4.78, 5) is 11.4. The summed E-state index contributed by atoms with van der Waals surface area (Å²) < 4.78 is 29.6. The predicted octanol–water partition coefficient (Wildman–Crippen LogP) is 3.70. The topological polar surface area (TPSA) is 26.3 Å². The first-order valence-electron chi connectivity index (χ1n) is 5.71. The van der Waals surface area contributed by atoms with Crippen LogP contribution in [-0.4, -0.2) is 12.1 Å². The van der Waals surface area contributed by atoms with Gasteiger partial charge >= 0.3 is 12.1 Å². The molecule has 0 spiro atoms. The Balaban J connectivity index is 2.13. The maximum absolute atomic E-state index is 12.8. The van der Waals surface area contributed by atoms with E-state index in [0.717, 1.165) is 10.8 Å². The van der Waals surface area contributed by atoms with E-state index in [2.05, 4.69) is 11.3 Å². The molecule has 0 amide bonds. The summed E-state index contributed by atoms with van der Waals surface area (Å²) in [5.74, 6) is -0.986. The summed E-state index contributed by atoms with van der Waals surface area (Å²) in [5, 5.41) is 1.97. The number of hydrogen-bond acceptors (Lipinski definition) is 2.